The van der Waals surface area contributed by atoms with Crippen molar-refractivity contribution in [2.75, 3.05) is 5.32 Å². The fraction of sp³-hybridized carbons (Fsp3) is 0.120. The Morgan fingerprint density at radius 1 is 1.12 bits per heavy atom. The Morgan fingerprint density at radius 3 is 2.65 bits per heavy atom. The molecule has 9 heteroatoms. The van der Waals surface area contributed by atoms with Crippen molar-refractivity contribution in [2.24, 2.45) is 4.99 Å². The molecule has 1 aliphatic heterocycles. The van der Waals surface area contributed by atoms with Crippen LogP contribution in [0.15, 0.2) is 71.7 Å². The molecule has 170 valence electrons. The lowest BCUT2D eigenvalue weighted by atomic mass is 10.2. The van der Waals surface area contributed by atoms with Crippen molar-refractivity contribution < 1.29 is 9.59 Å². The van der Waals surface area contributed by atoms with Gasteiger partial charge in [-0.15, -0.1) is 11.3 Å². The molecule has 4 aromatic rings. The number of amidine groups is 1. The van der Waals surface area contributed by atoms with Gasteiger partial charge < -0.3 is 10.6 Å². The van der Waals surface area contributed by atoms with E-state index in [1.165, 1.54) is 17.3 Å². The van der Waals surface area contributed by atoms with Gasteiger partial charge in [-0.05, 0) is 73.2 Å². The SMILES string of the molecule is Cc1ccc2nc(-c3ccc(NC(=O)C[C@H]4SC(=Nc5ccc(Cl)cc5)NC4=O)cc3)sc2c1. The van der Waals surface area contributed by atoms with Gasteiger partial charge in [-0.3, -0.25) is 9.59 Å². The van der Waals surface area contributed by atoms with Gasteiger partial charge >= 0.3 is 0 Å². The molecule has 0 unspecified atom stereocenters. The Bertz CT molecular complexity index is 1420. The number of nitrogens with one attached hydrogen (secondary N) is 2. The molecule has 0 aliphatic carbocycles. The second-order valence-electron chi connectivity index (χ2n) is 7.81. The standard InChI is InChI=1S/C25H19ClN4O2S2/c1-14-2-11-19-20(12-14)33-24(29-19)15-3-7-17(8-4-15)27-22(31)13-21-23(32)30-25(34-21)28-18-9-5-16(26)6-10-18/h2-12,21H,13H2,1H3,(H,27,31)(H,28,30,32)/t21-/m1/s1. The number of rotatable bonds is 5. The molecule has 1 saturated heterocycles. The Morgan fingerprint density at radius 2 is 1.88 bits per heavy atom. The highest BCUT2D eigenvalue weighted by molar-refractivity contribution is 8.15. The van der Waals surface area contributed by atoms with Gasteiger partial charge in [0.2, 0.25) is 11.8 Å². The molecule has 0 spiro atoms. The van der Waals surface area contributed by atoms with E-state index < -0.39 is 5.25 Å². The average Bonchev–Trinajstić information content (AvgIpc) is 3.38. The maximum absolute atomic E-state index is 12.6. The van der Waals surface area contributed by atoms with Gasteiger partial charge in [0.25, 0.3) is 0 Å². The molecule has 34 heavy (non-hydrogen) atoms. The topological polar surface area (TPSA) is 83.4 Å². The average molecular weight is 507 g/mol. The van der Waals surface area contributed by atoms with E-state index >= 15 is 0 Å². The quantitative estimate of drug-likeness (QED) is 0.339. The summed E-state index contributed by atoms with van der Waals surface area (Å²) in [6, 6.07) is 20.8. The highest BCUT2D eigenvalue weighted by atomic mass is 35.5. The van der Waals surface area contributed by atoms with Crippen molar-refractivity contribution in [3.8, 4) is 10.6 Å². The minimum Gasteiger partial charge on any atom is -0.326 e. The van der Waals surface area contributed by atoms with Gasteiger partial charge in [0.15, 0.2) is 5.17 Å². The zero-order chi connectivity index (χ0) is 23.7. The molecule has 0 radical (unpaired) electrons. The molecule has 1 aliphatic rings. The number of carbonyl (C=O) groups excluding carboxylic acids is 2. The monoisotopic (exact) mass is 506 g/mol. The van der Waals surface area contributed by atoms with Crippen LogP contribution in [-0.4, -0.2) is 27.2 Å². The van der Waals surface area contributed by atoms with E-state index in [0.717, 1.165) is 20.8 Å². The number of fused-ring (bicyclic) bond motifs is 1. The minimum absolute atomic E-state index is 0.0507. The van der Waals surface area contributed by atoms with Gasteiger partial charge in [-0.25, -0.2) is 9.98 Å². The zero-order valence-electron chi connectivity index (χ0n) is 18.0. The lowest BCUT2D eigenvalue weighted by molar-refractivity contribution is -0.122. The van der Waals surface area contributed by atoms with Crippen LogP contribution < -0.4 is 10.6 Å². The summed E-state index contributed by atoms with van der Waals surface area (Å²) in [6.45, 7) is 2.07. The van der Waals surface area contributed by atoms with E-state index in [9.17, 15) is 9.59 Å². The number of benzene rings is 3. The fourth-order valence-electron chi connectivity index (χ4n) is 3.46. The lowest BCUT2D eigenvalue weighted by Crippen LogP contribution is -2.28. The number of amides is 2. The van der Waals surface area contributed by atoms with E-state index in [1.54, 1.807) is 35.6 Å². The fourth-order valence-corrected chi connectivity index (χ4v) is 5.64. The summed E-state index contributed by atoms with van der Waals surface area (Å²) in [5, 5.41) is 7.09. The number of aliphatic imine (C=N–C) groups is 1. The van der Waals surface area contributed by atoms with Crippen molar-refractivity contribution in [3.63, 3.8) is 0 Å². The van der Waals surface area contributed by atoms with Crippen LogP contribution >= 0.6 is 34.7 Å². The molecule has 5 rings (SSSR count). The molecule has 1 fully saturated rings. The van der Waals surface area contributed by atoms with Crippen molar-refractivity contribution in [3.05, 3.63) is 77.3 Å². The number of anilines is 1. The third-order valence-corrected chi connectivity index (χ3v) is 7.57. The van der Waals surface area contributed by atoms with Crippen molar-refractivity contribution >= 4 is 73.3 Å². The number of aromatic nitrogens is 1. The number of aryl methyl sites for hydroxylation is 1. The Kier molecular flexibility index (Phi) is 6.36. The van der Waals surface area contributed by atoms with Crippen LogP contribution in [0.25, 0.3) is 20.8 Å². The summed E-state index contributed by atoms with van der Waals surface area (Å²) in [4.78, 5) is 33.9. The molecule has 1 aromatic heterocycles. The number of thiazole rings is 1. The summed E-state index contributed by atoms with van der Waals surface area (Å²) < 4.78 is 1.15. The predicted octanol–water partition coefficient (Wildman–Crippen LogP) is 6.17. The summed E-state index contributed by atoms with van der Waals surface area (Å²) in [6.07, 6.45) is 0.0507. The zero-order valence-corrected chi connectivity index (χ0v) is 20.4. The molecular formula is C25H19ClN4O2S2. The summed E-state index contributed by atoms with van der Waals surface area (Å²) >= 11 is 8.78. The maximum atomic E-state index is 12.6. The summed E-state index contributed by atoms with van der Waals surface area (Å²) in [5.41, 5.74) is 4.53. The third kappa shape index (κ3) is 5.14. The summed E-state index contributed by atoms with van der Waals surface area (Å²) in [5.74, 6) is -0.460. The van der Waals surface area contributed by atoms with Crippen LogP contribution in [0, 0.1) is 6.92 Å². The lowest BCUT2D eigenvalue weighted by Gasteiger charge is -2.08. The molecular weight excluding hydrogens is 488 g/mol. The van der Waals surface area contributed by atoms with E-state index in [4.69, 9.17) is 16.6 Å². The van der Waals surface area contributed by atoms with Crippen LogP contribution in [0.5, 0.6) is 0 Å². The van der Waals surface area contributed by atoms with Gasteiger partial charge in [0.1, 0.15) is 10.3 Å². The first-order chi connectivity index (χ1) is 16.4. The largest absolute Gasteiger partial charge is 0.326 e. The number of hydrogen-bond acceptors (Lipinski definition) is 6. The highest BCUT2D eigenvalue weighted by Gasteiger charge is 2.32. The molecule has 2 amide bonds. The highest BCUT2D eigenvalue weighted by Crippen LogP contribution is 2.31. The molecule has 0 saturated carbocycles. The second-order valence-corrected chi connectivity index (χ2v) is 10.5. The van der Waals surface area contributed by atoms with Crippen LogP contribution in [0.2, 0.25) is 5.02 Å². The van der Waals surface area contributed by atoms with Crippen molar-refractivity contribution in [1.29, 1.82) is 0 Å². The van der Waals surface area contributed by atoms with Crippen molar-refractivity contribution in [2.45, 2.75) is 18.6 Å². The van der Waals surface area contributed by atoms with Crippen LogP contribution in [0.1, 0.15) is 12.0 Å². The van der Waals surface area contributed by atoms with E-state index in [0.29, 0.717) is 21.6 Å². The van der Waals surface area contributed by atoms with E-state index in [1.807, 2.05) is 30.3 Å². The molecule has 2 heterocycles. The predicted molar refractivity (Wildman–Crippen MR) is 141 cm³/mol. The Hall–Kier alpha value is -3.20. The molecule has 3 aromatic carbocycles. The van der Waals surface area contributed by atoms with Crippen LogP contribution in [0.4, 0.5) is 11.4 Å². The molecule has 1 atom stereocenters. The number of hydrogen-bond donors (Lipinski definition) is 2. The Balaban J connectivity index is 1.20. The number of carbonyl (C=O) groups is 2. The number of thioether (sulfide) groups is 1. The number of halogens is 1. The van der Waals surface area contributed by atoms with Gasteiger partial charge in [0, 0.05) is 22.7 Å². The second kappa shape index (κ2) is 9.58. The van der Waals surface area contributed by atoms with Gasteiger partial charge in [-0.1, -0.05) is 29.4 Å². The first-order valence-corrected chi connectivity index (χ1v) is 12.6. The molecule has 6 nitrogen and oxygen atoms in total. The van der Waals surface area contributed by atoms with Gasteiger partial charge in [-0.2, -0.15) is 0 Å². The number of nitrogens with zero attached hydrogens (tertiary/aromatic N) is 2. The smallest absolute Gasteiger partial charge is 0.240 e. The minimum atomic E-state index is -0.531. The molecule has 2 N–H and O–H groups in total. The van der Waals surface area contributed by atoms with Crippen LogP contribution in [0.3, 0.4) is 0 Å². The van der Waals surface area contributed by atoms with Crippen molar-refractivity contribution in [1.82, 2.24) is 10.3 Å². The van der Waals surface area contributed by atoms with E-state index in [2.05, 4.69) is 34.7 Å². The van der Waals surface area contributed by atoms with Crippen LogP contribution in [-0.2, 0) is 9.59 Å². The normalized spacial score (nSPS) is 16.7. The first-order valence-electron chi connectivity index (χ1n) is 10.5. The maximum Gasteiger partial charge on any atom is 0.240 e. The Labute approximate surface area is 209 Å². The van der Waals surface area contributed by atoms with E-state index in [-0.39, 0.29) is 18.2 Å². The molecule has 0 bridgehead atoms. The van der Waals surface area contributed by atoms with Gasteiger partial charge in [0.05, 0.1) is 15.9 Å². The first kappa shape index (κ1) is 22.6. The third-order valence-electron chi connectivity index (χ3n) is 5.16. The summed E-state index contributed by atoms with van der Waals surface area (Å²) in [7, 11) is 0.